The lowest BCUT2D eigenvalue weighted by molar-refractivity contribution is 0.0519. The summed E-state index contributed by atoms with van der Waals surface area (Å²) in [5, 5.41) is 4.21. The van der Waals surface area contributed by atoms with Gasteiger partial charge in [0.2, 0.25) is 0 Å². The first kappa shape index (κ1) is 13.2. The first-order chi connectivity index (χ1) is 9.17. The zero-order chi connectivity index (χ0) is 13.8. The molecule has 0 aliphatic rings. The third-order valence-electron chi connectivity index (χ3n) is 2.79. The number of hydrogen-bond donors (Lipinski definition) is 0. The molecule has 0 atom stereocenters. The second kappa shape index (κ2) is 5.60. The van der Waals surface area contributed by atoms with E-state index in [9.17, 15) is 4.79 Å². The van der Waals surface area contributed by atoms with Gasteiger partial charge in [-0.3, -0.25) is 4.68 Å². The van der Waals surface area contributed by atoms with Crippen molar-refractivity contribution in [2.75, 3.05) is 6.61 Å². The Morgan fingerprint density at radius 2 is 2.16 bits per heavy atom. The van der Waals surface area contributed by atoms with Crippen LogP contribution in [0.3, 0.4) is 0 Å². The molecule has 0 amide bonds. The van der Waals surface area contributed by atoms with Crippen molar-refractivity contribution in [3.05, 3.63) is 29.8 Å². The fourth-order valence-electron chi connectivity index (χ4n) is 1.88. The molecule has 2 aromatic heterocycles. The number of rotatable bonds is 4. The smallest absolute Gasteiger partial charge is 0.357 e. The summed E-state index contributed by atoms with van der Waals surface area (Å²) in [4.78, 5) is 19.8. The van der Waals surface area contributed by atoms with Gasteiger partial charge in [0.05, 0.1) is 24.2 Å². The highest BCUT2D eigenvalue weighted by molar-refractivity contribution is 5.88. The average Bonchev–Trinajstić information content (AvgIpc) is 2.80. The minimum atomic E-state index is -0.439. The monoisotopic (exact) mass is 260 g/mol. The highest BCUT2D eigenvalue weighted by Gasteiger charge is 2.15. The molecule has 0 aromatic carbocycles. The van der Waals surface area contributed by atoms with Crippen molar-refractivity contribution < 1.29 is 9.53 Å². The maximum Gasteiger partial charge on any atom is 0.357 e. The number of hydrogen-bond acceptors (Lipinski definition) is 5. The van der Waals surface area contributed by atoms with Crippen LogP contribution in [-0.4, -0.2) is 32.3 Å². The van der Waals surface area contributed by atoms with Crippen LogP contribution in [0.25, 0.3) is 11.4 Å². The molecule has 2 aromatic rings. The van der Waals surface area contributed by atoms with Crippen LogP contribution in [0, 0.1) is 0 Å². The Morgan fingerprint density at radius 1 is 1.37 bits per heavy atom. The van der Waals surface area contributed by atoms with E-state index in [4.69, 9.17) is 4.74 Å². The Bertz CT molecular complexity index is 592. The van der Waals surface area contributed by atoms with Crippen molar-refractivity contribution in [1.29, 1.82) is 0 Å². The molecule has 0 saturated carbocycles. The predicted molar refractivity (Wildman–Crippen MR) is 69.6 cm³/mol. The van der Waals surface area contributed by atoms with Crippen LogP contribution in [0.4, 0.5) is 0 Å². The molecule has 0 spiro atoms. The summed E-state index contributed by atoms with van der Waals surface area (Å²) in [6.45, 7) is 4.13. The van der Waals surface area contributed by atoms with Crippen molar-refractivity contribution in [3.63, 3.8) is 0 Å². The topological polar surface area (TPSA) is 69.9 Å². The Labute approximate surface area is 111 Å². The normalized spacial score (nSPS) is 10.5. The largest absolute Gasteiger partial charge is 0.461 e. The molecule has 0 N–H and O–H groups in total. The Balaban J connectivity index is 2.43. The summed E-state index contributed by atoms with van der Waals surface area (Å²) in [5.74, 6) is -0.439. The second-order valence-corrected chi connectivity index (χ2v) is 4.00. The van der Waals surface area contributed by atoms with E-state index in [1.54, 1.807) is 17.7 Å². The first-order valence-corrected chi connectivity index (χ1v) is 6.17. The lowest BCUT2D eigenvalue weighted by Crippen LogP contribution is -2.08. The molecular formula is C13H16N4O2. The number of aromatic nitrogens is 4. The molecule has 100 valence electrons. The maximum absolute atomic E-state index is 11.7. The minimum absolute atomic E-state index is 0.259. The van der Waals surface area contributed by atoms with Crippen LogP contribution in [-0.2, 0) is 18.2 Å². The van der Waals surface area contributed by atoms with Crippen LogP contribution < -0.4 is 0 Å². The number of esters is 1. The maximum atomic E-state index is 11.7. The van der Waals surface area contributed by atoms with Crippen LogP contribution in [0.15, 0.2) is 18.6 Å². The predicted octanol–water partition coefficient (Wildman–Crippen LogP) is 1.62. The molecule has 0 fully saturated rings. The molecule has 0 bridgehead atoms. The zero-order valence-corrected chi connectivity index (χ0v) is 11.3. The van der Waals surface area contributed by atoms with E-state index in [2.05, 4.69) is 15.1 Å². The van der Waals surface area contributed by atoms with Crippen LogP contribution in [0.5, 0.6) is 0 Å². The number of nitrogens with zero attached hydrogens (tertiary/aromatic N) is 4. The standard InChI is InChI=1S/C13H16N4O2/c1-4-9-7-16-17(3)12(9)10-6-11(15-8-14-10)13(18)19-5-2/h6-8H,4-5H2,1-3H3. The molecule has 0 aliphatic carbocycles. The number of ether oxygens (including phenoxy) is 1. The summed E-state index contributed by atoms with van der Waals surface area (Å²) in [6.07, 6.45) is 4.03. The summed E-state index contributed by atoms with van der Waals surface area (Å²) >= 11 is 0. The highest BCUT2D eigenvalue weighted by Crippen LogP contribution is 2.21. The van der Waals surface area contributed by atoms with Gasteiger partial charge in [-0.15, -0.1) is 0 Å². The van der Waals surface area contributed by atoms with E-state index in [0.29, 0.717) is 12.3 Å². The second-order valence-electron chi connectivity index (χ2n) is 4.00. The fourth-order valence-corrected chi connectivity index (χ4v) is 1.88. The lowest BCUT2D eigenvalue weighted by atomic mass is 10.1. The molecule has 0 unspecified atom stereocenters. The molecule has 6 heteroatoms. The Morgan fingerprint density at radius 3 is 2.84 bits per heavy atom. The van der Waals surface area contributed by atoms with Crippen molar-refractivity contribution in [2.24, 2.45) is 7.05 Å². The first-order valence-electron chi connectivity index (χ1n) is 6.17. The summed E-state index contributed by atoms with van der Waals surface area (Å²) in [6, 6.07) is 1.63. The van der Waals surface area contributed by atoms with Gasteiger partial charge in [-0.2, -0.15) is 5.10 Å². The van der Waals surface area contributed by atoms with E-state index in [1.807, 2.05) is 20.2 Å². The Hall–Kier alpha value is -2.24. The van der Waals surface area contributed by atoms with Gasteiger partial charge in [0, 0.05) is 7.05 Å². The van der Waals surface area contributed by atoms with Gasteiger partial charge in [0.1, 0.15) is 6.33 Å². The van der Waals surface area contributed by atoms with Gasteiger partial charge in [-0.05, 0) is 25.0 Å². The van der Waals surface area contributed by atoms with Gasteiger partial charge < -0.3 is 4.74 Å². The SMILES string of the molecule is CCOC(=O)c1cc(-c2c(CC)cnn2C)ncn1. The highest BCUT2D eigenvalue weighted by atomic mass is 16.5. The zero-order valence-electron chi connectivity index (χ0n) is 11.3. The fraction of sp³-hybridized carbons (Fsp3) is 0.385. The average molecular weight is 260 g/mol. The number of carbonyl (C=O) groups is 1. The third-order valence-corrected chi connectivity index (χ3v) is 2.79. The lowest BCUT2D eigenvalue weighted by Gasteiger charge is -2.06. The molecule has 2 heterocycles. The van der Waals surface area contributed by atoms with Crippen molar-refractivity contribution in [3.8, 4) is 11.4 Å². The van der Waals surface area contributed by atoms with Gasteiger partial charge in [0.25, 0.3) is 0 Å². The summed E-state index contributed by atoms with van der Waals surface area (Å²) in [7, 11) is 1.85. The van der Waals surface area contributed by atoms with Crippen molar-refractivity contribution >= 4 is 5.97 Å². The third kappa shape index (κ3) is 2.62. The molecule has 0 saturated heterocycles. The van der Waals surface area contributed by atoms with Crippen LogP contribution >= 0.6 is 0 Å². The van der Waals surface area contributed by atoms with E-state index in [-0.39, 0.29) is 5.69 Å². The Kier molecular flexibility index (Phi) is 3.89. The number of aryl methyl sites for hydroxylation is 2. The molecule has 0 aliphatic heterocycles. The molecular weight excluding hydrogens is 244 g/mol. The van der Waals surface area contributed by atoms with E-state index in [0.717, 1.165) is 17.7 Å². The quantitative estimate of drug-likeness (QED) is 0.781. The molecule has 6 nitrogen and oxygen atoms in total. The van der Waals surface area contributed by atoms with Crippen LogP contribution in [0.2, 0.25) is 0 Å². The van der Waals surface area contributed by atoms with Crippen LogP contribution in [0.1, 0.15) is 29.9 Å². The molecule has 0 radical (unpaired) electrons. The molecule has 2 rings (SSSR count). The summed E-state index contributed by atoms with van der Waals surface area (Å²) in [5.41, 5.74) is 2.91. The van der Waals surface area contributed by atoms with E-state index in [1.165, 1.54) is 6.33 Å². The van der Waals surface area contributed by atoms with Crippen molar-refractivity contribution in [2.45, 2.75) is 20.3 Å². The number of carbonyl (C=O) groups excluding carboxylic acids is 1. The van der Waals surface area contributed by atoms with E-state index < -0.39 is 5.97 Å². The van der Waals surface area contributed by atoms with Gasteiger partial charge in [-0.25, -0.2) is 14.8 Å². The van der Waals surface area contributed by atoms with Gasteiger partial charge in [-0.1, -0.05) is 6.92 Å². The summed E-state index contributed by atoms with van der Waals surface area (Å²) < 4.78 is 6.68. The van der Waals surface area contributed by atoms with Gasteiger partial charge >= 0.3 is 5.97 Å². The van der Waals surface area contributed by atoms with E-state index >= 15 is 0 Å². The van der Waals surface area contributed by atoms with Gasteiger partial charge in [0.15, 0.2) is 5.69 Å². The molecule has 19 heavy (non-hydrogen) atoms. The van der Waals surface area contributed by atoms with Crippen molar-refractivity contribution in [1.82, 2.24) is 19.7 Å². The minimum Gasteiger partial charge on any atom is -0.461 e.